The Morgan fingerprint density at radius 3 is 0.973 bits per heavy atom. The molecule has 698 valence electrons. The fourth-order valence-corrected chi connectivity index (χ4v) is 19.3. The van der Waals surface area contributed by atoms with Gasteiger partial charge >= 0.3 is 0 Å². The summed E-state index contributed by atoms with van der Waals surface area (Å²) in [6.45, 7) is 0. The van der Waals surface area contributed by atoms with E-state index in [1.54, 1.807) is 48.5 Å². The summed E-state index contributed by atoms with van der Waals surface area (Å²) in [6, 6.07) is 131. The number of benzene rings is 13. The SMILES string of the molecule is Clc1nc(-c2ccc(-c3ccccc3)cc2)c2cccnc2n1.Clc1nc(-c2ccc(-c3ccccc3)cc2)c2ncccc2n1.Clc1nc(-c2ccc3ccccc3c2)c2ncccc2n1.Clc1nc(-c2cccc3c2sc2ccccc23)c2ccccc2n1.Clc1nc(-c2cccc3ccccc23)c2ncccc2n1.Clc1nc(-c2ccccc2)c2cccnc2n1.Clc1nc(-c2ccccc2)c2ncccc2n1. The van der Waals surface area contributed by atoms with Crippen molar-refractivity contribution in [3.63, 3.8) is 0 Å². The molecule has 14 heterocycles. The van der Waals surface area contributed by atoms with Crippen molar-refractivity contribution in [2.75, 3.05) is 0 Å². The molecule has 13 aromatic carbocycles. The number of thiophene rings is 1. The van der Waals surface area contributed by atoms with Gasteiger partial charge in [-0.2, -0.15) is 9.97 Å². The third kappa shape index (κ3) is 21.5. The van der Waals surface area contributed by atoms with E-state index in [0.29, 0.717) is 11.3 Å². The number of hydrogen-bond donors (Lipinski definition) is 0. The molecule has 146 heavy (non-hydrogen) atoms. The second-order valence-electron chi connectivity index (χ2n) is 32.6. The first-order valence-electron chi connectivity index (χ1n) is 45.7. The second kappa shape index (κ2) is 44.2. The molecule has 20 nitrogen and oxygen atoms in total. The van der Waals surface area contributed by atoms with E-state index in [1.807, 2.05) is 261 Å². The summed E-state index contributed by atoms with van der Waals surface area (Å²) in [7, 11) is 0. The van der Waals surface area contributed by atoms with Gasteiger partial charge in [0.1, 0.15) is 44.8 Å². The highest BCUT2D eigenvalue weighted by Crippen LogP contribution is 2.43. The molecule has 14 aromatic heterocycles. The molecule has 0 bridgehead atoms. The Morgan fingerprint density at radius 2 is 0.466 bits per heavy atom. The number of halogens is 7. The van der Waals surface area contributed by atoms with Gasteiger partial charge in [0.2, 0.25) is 37.0 Å². The van der Waals surface area contributed by atoms with Crippen LogP contribution in [0.3, 0.4) is 0 Å². The maximum atomic E-state index is 6.18. The topological polar surface area (TPSA) is 258 Å². The number of pyridine rings is 6. The fourth-order valence-electron chi connectivity index (χ4n) is 16.9. The predicted octanol–water partition coefficient (Wildman–Crippen LogP) is 32.0. The van der Waals surface area contributed by atoms with Crippen molar-refractivity contribution in [1.29, 1.82) is 0 Å². The number of nitrogens with zero attached hydrogens (tertiary/aromatic N) is 20. The van der Waals surface area contributed by atoms with E-state index in [0.717, 1.165) is 172 Å². The van der Waals surface area contributed by atoms with Crippen molar-refractivity contribution in [3.8, 4) is 101 Å². The maximum absolute atomic E-state index is 6.18. The van der Waals surface area contributed by atoms with Gasteiger partial charge in [-0.3, -0.25) is 19.9 Å². The highest BCUT2D eigenvalue weighted by atomic mass is 35.5. The highest BCUT2D eigenvalue weighted by molar-refractivity contribution is 7.26. The van der Waals surface area contributed by atoms with Crippen molar-refractivity contribution in [2.24, 2.45) is 0 Å². The molecule has 0 saturated heterocycles. The Kier molecular flexibility index (Phi) is 28.8. The highest BCUT2D eigenvalue weighted by Gasteiger charge is 2.21. The molecule has 28 heteroatoms. The van der Waals surface area contributed by atoms with E-state index in [1.165, 1.54) is 36.7 Å². The van der Waals surface area contributed by atoms with Crippen LogP contribution in [-0.2, 0) is 0 Å². The molecule has 27 aromatic rings. The smallest absolute Gasteiger partial charge is 0.225 e. The Bertz CT molecular complexity index is 9160. The zero-order valence-electron chi connectivity index (χ0n) is 76.5. The summed E-state index contributed by atoms with van der Waals surface area (Å²) < 4.78 is 2.52. The zero-order chi connectivity index (χ0) is 99.2. The molecule has 0 spiro atoms. The minimum atomic E-state index is 0.207. The first-order chi connectivity index (χ1) is 71.8. The van der Waals surface area contributed by atoms with Gasteiger partial charge in [-0.05, 0) is 216 Å². The minimum Gasteiger partial charge on any atom is -0.252 e. The van der Waals surface area contributed by atoms with Crippen LogP contribution in [0.25, 0.3) is 220 Å². The molecule has 27 rings (SSSR count). The molecule has 0 atom stereocenters. The number of rotatable bonds is 9. The van der Waals surface area contributed by atoms with Gasteiger partial charge in [-0.15, -0.1) is 11.3 Å². The van der Waals surface area contributed by atoms with Gasteiger partial charge in [0, 0.05) is 112 Å². The molecule has 0 amide bonds. The van der Waals surface area contributed by atoms with E-state index in [2.05, 4.69) is 233 Å². The van der Waals surface area contributed by atoms with Crippen molar-refractivity contribution in [2.45, 2.75) is 0 Å². The Hall–Kier alpha value is -17.1. The average Bonchev–Trinajstić information content (AvgIpc) is 1.52. The monoisotopic (exact) mass is 2040 g/mol. The third-order valence-electron chi connectivity index (χ3n) is 23.5. The Balaban J connectivity index is 0.000000100. The molecule has 0 aliphatic rings. The Morgan fingerprint density at radius 1 is 0.164 bits per heavy atom. The summed E-state index contributed by atoms with van der Waals surface area (Å²) in [4.78, 5) is 86.1. The van der Waals surface area contributed by atoms with Gasteiger partial charge in [-0.25, -0.2) is 69.8 Å². The van der Waals surface area contributed by atoms with Crippen LogP contribution in [0.15, 0.2) is 431 Å². The molecule has 0 aliphatic heterocycles. The lowest BCUT2D eigenvalue weighted by atomic mass is 10.0. The quantitative estimate of drug-likeness (QED) is 0.122. The lowest BCUT2D eigenvalue weighted by molar-refractivity contribution is 1.18. The average molecular weight is 2050 g/mol. The molecule has 0 saturated carbocycles. The van der Waals surface area contributed by atoms with Crippen LogP contribution >= 0.6 is 92.5 Å². The van der Waals surface area contributed by atoms with Crippen LogP contribution in [-0.4, -0.2) is 99.7 Å². The van der Waals surface area contributed by atoms with Crippen LogP contribution in [0.5, 0.6) is 0 Å². The maximum Gasteiger partial charge on any atom is 0.225 e. The normalized spacial score (nSPS) is 11.0. The minimum absolute atomic E-state index is 0.207. The molecule has 0 aliphatic carbocycles. The van der Waals surface area contributed by atoms with E-state index in [4.69, 9.17) is 81.2 Å². The third-order valence-corrected chi connectivity index (χ3v) is 25.9. The molecule has 0 unspecified atom stereocenters. The fraction of sp³-hybridized carbons (Fsp3) is 0. The van der Waals surface area contributed by atoms with Crippen LogP contribution in [0.1, 0.15) is 0 Å². The molecule has 0 radical (unpaired) electrons. The van der Waals surface area contributed by atoms with E-state index in [9.17, 15) is 0 Å². The van der Waals surface area contributed by atoms with Gasteiger partial charge in [0.15, 0.2) is 11.3 Å². The van der Waals surface area contributed by atoms with Crippen molar-refractivity contribution in [3.05, 3.63) is 468 Å². The van der Waals surface area contributed by atoms with E-state index >= 15 is 0 Å². The lowest BCUT2D eigenvalue weighted by Gasteiger charge is -2.08. The zero-order valence-corrected chi connectivity index (χ0v) is 82.6. The standard InChI is InChI=1S/C20H11ClN2S.2C19H12ClN3.2C17H10ClN3.2C13H8ClN3/c21-20-22-16-10-3-1-7-14(16)18(23-20)15-9-5-8-13-12-6-2-4-11-17(12)24-19(13)15;20-19-22-16-7-4-12-21-18(16)17(23-19)15-10-8-14(9-11-15)13-5-2-1-3-6-13;20-19-22-17(16-7-4-12-21-18(16)23-19)15-10-8-14(9-11-15)13-5-2-1-3-6-13;18-17-20-14-9-4-10-19-16(14)15(21-17)13-8-3-6-11-5-1-2-7-12(11)13;18-17-20-14-6-3-9-19-16(14)15(21-17)13-8-7-11-4-1-2-5-12(11)10-13;14-13-16-10-7-4-8-15-12(10)11(17-13)9-5-2-1-3-6-9;14-13-16-11(9-5-2-1-3-6-9)10-7-4-8-15-12(10)17-13/h1-11H;2*1-12H;2*1-10H;2*1-8H. The number of para-hydroxylation sites is 1. The van der Waals surface area contributed by atoms with Crippen molar-refractivity contribution >= 4 is 211 Å². The molecular formula is C118H71Cl7N20S. The number of fused-ring (bicyclic) bond motifs is 12. The largest absolute Gasteiger partial charge is 0.252 e. The van der Waals surface area contributed by atoms with Gasteiger partial charge in [-0.1, -0.05) is 303 Å². The van der Waals surface area contributed by atoms with Crippen LogP contribution in [0.4, 0.5) is 0 Å². The Labute approximate surface area is 873 Å². The summed E-state index contributed by atoms with van der Waals surface area (Å²) in [5, 5.41) is 11.6. The van der Waals surface area contributed by atoms with Crippen molar-refractivity contribution in [1.82, 2.24) is 99.7 Å². The summed E-state index contributed by atoms with van der Waals surface area (Å²) in [5.74, 6) is 0. The summed E-state index contributed by atoms with van der Waals surface area (Å²) in [5.41, 5.74) is 25.4. The van der Waals surface area contributed by atoms with Crippen LogP contribution < -0.4 is 0 Å². The van der Waals surface area contributed by atoms with E-state index in [-0.39, 0.29) is 37.0 Å². The second-order valence-corrected chi connectivity index (χ2v) is 36.0. The molecule has 0 N–H and O–H groups in total. The van der Waals surface area contributed by atoms with Gasteiger partial charge in [0.05, 0.1) is 44.7 Å². The first kappa shape index (κ1) is 95.1. The van der Waals surface area contributed by atoms with Crippen LogP contribution in [0, 0.1) is 0 Å². The van der Waals surface area contributed by atoms with Crippen LogP contribution in [0.2, 0.25) is 37.0 Å². The predicted molar refractivity (Wildman–Crippen MR) is 595 cm³/mol. The van der Waals surface area contributed by atoms with Crippen molar-refractivity contribution < 1.29 is 0 Å². The molecule has 0 fully saturated rings. The van der Waals surface area contributed by atoms with Gasteiger partial charge in [0.25, 0.3) is 0 Å². The van der Waals surface area contributed by atoms with Gasteiger partial charge < -0.3 is 0 Å². The number of hydrogen-bond acceptors (Lipinski definition) is 21. The summed E-state index contributed by atoms with van der Waals surface area (Å²) >= 11 is 44.0. The molecular weight excluding hydrogens is 1980 g/mol. The van der Waals surface area contributed by atoms with E-state index < -0.39 is 0 Å². The first-order valence-corrected chi connectivity index (χ1v) is 49.1. The lowest BCUT2D eigenvalue weighted by Crippen LogP contribution is -1.93. The number of aromatic nitrogens is 20. The summed E-state index contributed by atoms with van der Waals surface area (Å²) in [6.07, 6.45) is 10.3.